The largest absolute Gasteiger partial charge is 0.478 e. The lowest BCUT2D eigenvalue weighted by atomic mass is 10.1. The lowest BCUT2D eigenvalue weighted by Crippen LogP contribution is -1.96. The van der Waals surface area contributed by atoms with E-state index in [9.17, 15) is 13.2 Å². The van der Waals surface area contributed by atoms with E-state index in [1.165, 1.54) is 30.3 Å². The van der Waals surface area contributed by atoms with Crippen LogP contribution in [0, 0.1) is 0 Å². The number of rotatable bonds is 2. The number of hydrogen-bond donors (Lipinski definition) is 1. The van der Waals surface area contributed by atoms with Crippen LogP contribution < -0.4 is 0 Å². The van der Waals surface area contributed by atoms with Crippen molar-refractivity contribution < 1.29 is 18.3 Å². The minimum atomic E-state index is -3.76. The fourth-order valence-corrected chi connectivity index (χ4v) is 2.29. The van der Waals surface area contributed by atoms with Crippen molar-refractivity contribution in [2.24, 2.45) is 0 Å². The van der Waals surface area contributed by atoms with Crippen LogP contribution in [0.2, 0.25) is 0 Å². The molecule has 0 aliphatic carbocycles. The number of carbonyl (C=O) groups is 1. The molecule has 0 aliphatic rings. The van der Waals surface area contributed by atoms with Crippen LogP contribution in [0.4, 0.5) is 0 Å². The molecule has 0 fully saturated rings. The van der Waals surface area contributed by atoms with Crippen LogP contribution in [0.3, 0.4) is 0 Å². The van der Waals surface area contributed by atoms with E-state index in [2.05, 4.69) is 0 Å². The fourth-order valence-electron chi connectivity index (χ4n) is 1.51. The molecule has 0 amide bonds. The van der Waals surface area contributed by atoms with Crippen LogP contribution in [0.5, 0.6) is 0 Å². The van der Waals surface area contributed by atoms with Gasteiger partial charge in [0.1, 0.15) is 0 Å². The Bertz CT molecular complexity index is 706. The van der Waals surface area contributed by atoms with Crippen molar-refractivity contribution in [1.82, 2.24) is 0 Å². The molecule has 0 saturated heterocycles. The summed E-state index contributed by atoms with van der Waals surface area (Å²) in [5.74, 6) is -1.03. The number of aromatic carboxylic acids is 1. The Morgan fingerprint density at radius 2 is 1.65 bits per heavy atom. The Balaban J connectivity index is 2.66. The third kappa shape index (κ3) is 2.40. The van der Waals surface area contributed by atoms with Gasteiger partial charge in [-0.2, -0.15) is 0 Å². The first kappa shape index (κ1) is 11.9. The number of carboxylic acid groups (broad SMARTS) is 1. The molecule has 88 valence electrons. The van der Waals surface area contributed by atoms with Crippen molar-refractivity contribution in [2.75, 3.05) is 0 Å². The molecule has 2 aromatic carbocycles. The van der Waals surface area contributed by atoms with Crippen molar-refractivity contribution in [2.45, 2.75) is 4.90 Å². The molecular formula is C11H7ClO4S. The monoisotopic (exact) mass is 270 g/mol. The van der Waals surface area contributed by atoms with Gasteiger partial charge >= 0.3 is 5.97 Å². The third-order valence-electron chi connectivity index (χ3n) is 2.34. The molecule has 0 unspecified atom stereocenters. The fraction of sp³-hybridized carbons (Fsp3) is 0. The number of halogens is 1. The number of carboxylic acids is 1. The summed E-state index contributed by atoms with van der Waals surface area (Å²) in [6.45, 7) is 0. The Kier molecular flexibility index (Phi) is 2.81. The molecule has 2 rings (SSSR count). The molecule has 2 aromatic rings. The van der Waals surface area contributed by atoms with E-state index < -0.39 is 15.0 Å². The topological polar surface area (TPSA) is 71.4 Å². The van der Waals surface area contributed by atoms with E-state index >= 15 is 0 Å². The summed E-state index contributed by atoms with van der Waals surface area (Å²) in [6.07, 6.45) is 0. The molecule has 0 heterocycles. The predicted octanol–water partition coefficient (Wildman–Crippen LogP) is 2.47. The summed E-state index contributed by atoms with van der Waals surface area (Å²) in [5.41, 5.74) is 0.152. The first-order valence-electron chi connectivity index (χ1n) is 4.60. The molecule has 0 atom stereocenters. The zero-order valence-corrected chi connectivity index (χ0v) is 9.99. The summed E-state index contributed by atoms with van der Waals surface area (Å²) in [5, 5.41) is 10.1. The van der Waals surface area contributed by atoms with E-state index in [4.69, 9.17) is 15.8 Å². The molecule has 4 nitrogen and oxygen atoms in total. The van der Waals surface area contributed by atoms with Gasteiger partial charge in [0, 0.05) is 10.7 Å². The Hall–Kier alpha value is -1.59. The molecule has 0 bridgehead atoms. The van der Waals surface area contributed by atoms with Crippen molar-refractivity contribution in [1.29, 1.82) is 0 Å². The highest BCUT2D eigenvalue weighted by atomic mass is 35.7. The summed E-state index contributed by atoms with van der Waals surface area (Å²) in [7, 11) is 1.45. The molecule has 0 saturated carbocycles. The Morgan fingerprint density at radius 3 is 2.24 bits per heavy atom. The van der Waals surface area contributed by atoms with Crippen molar-refractivity contribution >= 4 is 36.5 Å². The van der Waals surface area contributed by atoms with Gasteiger partial charge in [-0.15, -0.1) is 0 Å². The van der Waals surface area contributed by atoms with Gasteiger partial charge in [-0.25, -0.2) is 13.2 Å². The number of hydrogen-bond acceptors (Lipinski definition) is 3. The minimum absolute atomic E-state index is 0.00487. The maximum absolute atomic E-state index is 11.1. The van der Waals surface area contributed by atoms with Crippen molar-refractivity contribution in [3.8, 4) is 0 Å². The van der Waals surface area contributed by atoms with Gasteiger partial charge in [-0.3, -0.25) is 0 Å². The second-order valence-electron chi connectivity index (χ2n) is 3.47. The highest BCUT2D eigenvalue weighted by Crippen LogP contribution is 2.22. The van der Waals surface area contributed by atoms with Crippen molar-refractivity contribution in [3.05, 3.63) is 42.0 Å². The number of benzene rings is 2. The first-order valence-corrected chi connectivity index (χ1v) is 6.90. The van der Waals surface area contributed by atoms with Gasteiger partial charge in [0.2, 0.25) is 0 Å². The van der Waals surface area contributed by atoms with Gasteiger partial charge in [0.05, 0.1) is 10.5 Å². The summed E-state index contributed by atoms with van der Waals surface area (Å²) >= 11 is 0. The van der Waals surface area contributed by atoms with Gasteiger partial charge in [0.25, 0.3) is 9.05 Å². The van der Waals surface area contributed by atoms with Gasteiger partial charge in [-0.1, -0.05) is 12.1 Å². The van der Waals surface area contributed by atoms with Crippen LogP contribution in [0.15, 0.2) is 41.3 Å². The van der Waals surface area contributed by atoms with E-state index in [-0.39, 0.29) is 10.5 Å². The normalized spacial score (nSPS) is 11.6. The van der Waals surface area contributed by atoms with Crippen LogP contribution >= 0.6 is 10.7 Å². The van der Waals surface area contributed by atoms with E-state index in [1.807, 2.05) is 0 Å². The van der Waals surface area contributed by atoms with E-state index in [0.29, 0.717) is 10.8 Å². The predicted molar refractivity (Wildman–Crippen MR) is 63.9 cm³/mol. The molecule has 0 spiro atoms. The average Bonchev–Trinajstić information content (AvgIpc) is 2.26. The molecule has 1 N–H and O–H groups in total. The molecular weight excluding hydrogens is 264 g/mol. The zero-order chi connectivity index (χ0) is 12.6. The van der Waals surface area contributed by atoms with Crippen LogP contribution in [-0.2, 0) is 9.05 Å². The van der Waals surface area contributed by atoms with Crippen LogP contribution in [0.25, 0.3) is 10.8 Å². The van der Waals surface area contributed by atoms with Crippen LogP contribution in [0.1, 0.15) is 10.4 Å². The third-order valence-corrected chi connectivity index (χ3v) is 3.69. The van der Waals surface area contributed by atoms with E-state index in [0.717, 1.165) is 0 Å². The molecule has 0 radical (unpaired) electrons. The smallest absolute Gasteiger partial charge is 0.335 e. The minimum Gasteiger partial charge on any atom is -0.478 e. The lowest BCUT2D eigenvalue weighted by Gasteiger charge is -2.02. The maximum atomic E-state index is 11.1. The van der Waals surface area contributed by atoms with Gasteiger partial charge in [0.15, 0.2) is 0 Å². The van der Waals surface area contributed by atoms with Gasteiger partial charge < -0.3 is 5.11 Å². The Labute approximate surface area is 102 Å². The molecule has 0 aromatic heterocycles. The maximum Gasteiger partial charge on any atom is 0.335 e. The molecule has 17 heavy (non-hydrogen) atoms. The highest BCUT2D eigenvalue weighted by Gasteiger charge is 2.11. The summed E-state index contributed by atoms with van der Waals surface area (Å²) < 4.78 is 22.2. The van der Waals surface area contributed by atoms with Gasteiger partial charge in [-0.05, 0) is 35.0 Å². The van der Waals surface area contributed by atoms with E-state index in [1.54, 1.807) is 6.07 Å². The SMILES string of the molecule is O=C(O)c1ccc2cc(S(=O)(=O)Cl)ccc2c1. The summed E-state index contributed by atoms with van der Waals surface area (Å²) in [4.78, 5) is 10.7. The number of fused-ring (bicyclic) bond motifs is 1. The average molecular weight is 271 g/mol. The van der Waals surface area contributed by atoms with Crippen LogP contribution in [-0.4, -0.2) is 19.5 Å². The van der Waals surface area contributed by atoms with Crippen molar-refractivity contribution in [3.63, 3.8) is 0 Å². The lowest BCUT2D eigenvalue weighted by molar-refractivity contribution is 0.0697. The quantitative estimate of drug-likeness (QED) is 0.851. The highest BCUT2D eigenvalue weighted by molar-refractivity contribution is 8.13. The Morgan fingerprint density at radius 1 is 1.06 bits per heavy atom. The second-order valence-corrected chi connectivity index (χ2v) is 6.03. The molecule has 0 aliphatic heterocycles. The standard InChI is InChI=1S/C11H7ClO4S/c12-17(15,16)10-4-3-7-5-9(11(13)14)2-1-8(7)6-10/h1-6H,(H,13,14). The summed E-state index contributed by atoms with van der Waals surface area (Å²) in [6, 6.07) is 8.71. The zero-order valence-electron chi connectivity index (χ0n) is 8.42. The first-order chi connectivity index (χ1) is 7.88. The second kappa shape index (κ2) is 4.01. The molecule has 6 heteroatoms.